The molecule has 4 nitrogen and oxygen atoms in total. The molecule has 0 bridgehead atoms. The zero-order valence-electron chi connectivity index (χ0n) is 9.60. The van der Waals surface area contributed by atoms with Crippen molar-refractivity contribution in [1.82, 2.24) is 0 Å². The van der Waals surface area contributed by atoms with E-state index in [1.165, 1.54) is 25.1 Å². The molecule has 1 aromatic heterocycles. The fraction of sp³-hybridized carbons (Fsp3) is 0.250. The molecule has 0 spiro atoms. The maximum atomic E-state index is 11.9. The molecule has 0 fully saturated rings. The highest BCUT2D eigenvalue weighted by molar-refractivity contribution is 7.91. The normalized spacial score (nSPS) is 11.1. The molecule has 0 N–H and O–H groups in total. The van der Waals surface area contributed by atoms with Gasteiger partial charge in [0.1, 0.15) is 5.76 Å². The molecule has 0 aromatic carbocycles. The Morgan fingerprint density at radius 1 is 1.35 bits per heavy atom. The highest BCUT2D eigenvalue weighted by Gasteiger charge is 2.20. The Balaban J connectivity index is 3.56. The van der Waals surface area contributed by atoms with Crippen molar-refractivity contribution < 1.29 is 12.8 Å². The minimum atomic E-state index is -3.53. The van der Waals surface area contributed by atoms with Gasteiger partial charge in [-0.25, -0.2) is 13.2 Å². The summed E-state index contributed by atoms with van der Waals surface area (Å²) in [4.78, 5) is 11.6. The molecule has 5 heteroatoms. The van der Waals surface area contributed by atoms with Crippen molar-refractivity contribution >= 4 is 9.84 Å². The molecule has 1 rings (SSSR count). The second kappa shape index (κ2) is 5.14. The third-order valence-electron chi connectivity index (χ3n) is 2.15. The van der Waals surface area contributed by atoms with Crippen LogP contribution in [-0.2, 0) is 16.3 Å². The number of aryl methyl sites for hydroxylation is 1. The lowest BCUT2D eigenvalue weighted by molar-refractivity contribution is 0.466. The molecule has 0 saturated heterocycles. The first-order chi connectivity index (χ1) is 7.92. The Bertz CT molecular complexity index is 593. The highest BCUT2D eigenvalue weighted by atomic mass is 32.2. The summed E-state index contributed by atoms with van der Waals surface area (Å²) in [6.07, 6.45) is 2.92. The second-order valence-corrected chi connectivity index (χ2v) is 5.55. The Kier molecular flexibility index (Phi) is 4.07. The van der Waals surface area contributed by atoms with Crippen LogP contribution in [0.25, 0.3) is 0 Å². The van der Waals surface area contributed by atoms with Gasteiger partial charge in [0.2, 0.25) is 0 Å². The van der Waals surface area contributed by atoms with Crippen LogP contribution in [0, 0.1) is 6.92 Å². The lowest BCUT2D eigenvalue weighted by atomic mass is 10.2. The van der Waals surface area contributed by atoms with Crippen molar-refractivity contribution in [2.45, 2.75) is 18.2 Å². The third kappa shape index (κ3) is 2.94. The van der Waals surface area contributed by atoms with Gasteiger partial charge in [0.05, 0.1) is 16.2 Å². The fourth-order valence-electron chi connectivity index (χ4n) is 1.46. The predicted octanol–water partition coefficient (Wildman–Crippen LogP) is 1.64. The quantitative estimate of drug-likeness (QED) is 0.749. The molecule has 0 saturated carbocycles. The van der Waals surface area contributed by atoms with Crippen molar-refractivity contribution in [1.29, 1.82) is 0 Å². The van der Waals surface area contributed by atoms with Crippen LogP contribution in [0.4, 0.5) is 0 Å². The average molecular weight is 254 g/mol. The van der Waals surface area contributed by atoms with E-state index in [9.17, 15) is 13.2 Å². The Morgan fingerprint density at radius 2 is 2.00 bits per heavy atom. The largest absolute Gasteiger partial charge is 0.428 e. The molecule has 1 heterocycles. The van der Waals surface area contributed by atoms with Gasteiger partial charge in [0.25, 0.3) is 0 Å². The summed E-state index contributed by atoms with van der Waals surface area (Å²) in [7, 11) is -3.53. The van der Waals surface area contributed by atoms with E-state index < -0.39 is 15.5 Å². The minimum Gasteiger partial charge on any atom is -0.428 e. The number of rotatable bonds is 5. The summed E-state index contributed by atoms with van der Waals surface area (Å²) < 4.78 is 28.8. The van der Waals surface area contributed by atoms with Crippen molar-refractivity contribution in [2.24, 2.45) is 0 Å². The van der Waals surface area contributed by atoms with Crippen LogP contribution in [0.3, 0.4) is 0 Å². The monoisotopic (exact) mass is 254 g/mol. The van der Waals surface area contributed by atoms with E-state index in [2.05, 4.69) is 13.2 Å². The molecule has 0 aliphatic heterocycles. The molecule has 0 atom stereocenters. The predicted molar refractivity (Wildman–Crippen MR) is 65.9 cm³/mol. The molecule has 1 aromatic rings. The van der Waals surface area contributed by atoms with Gasteiger partial charge in [-0.2, -0.15) is 0 Å². The Hall–Kier alpha value is -1.62. The maximum absolute atomic E-state index is 11.9. The van der Waals surface area contributed by atoms with E-state index in [1.807, 2.05) is 0 Å². The van der Waals surface area contributed by atoms with Crippen molar-refractivity contribution in [2.75, 3.05) is 5.75 Å². The molecular formula is C12H14O4S. The lowest BCUT2D eigenvalue weighted by Crippen LogP contribution is -2.16. The molecule has 0 amide bonds. The minimum absolute atomic E-state index is 0.00560. The molecule has 17 heavy (non-hydrogen) atoms. The molecule has 0 aliphatic carbocycles. The number of hydrogen-bond donors (Lipinski definition) is 0. The number of sulfone groups is 1. The van der Waals surface area contributed by atoms with Crippen molar-refractivity contribution in [3.8, 4) is 0 Å². The van der Waals surface area contributed by atoms with Gasteiger partial charge in [-0.05, 0) is 19.4 Å². The van der Waals surface area contributed by atoms with E-state index in [1.54, 1.807) is 0 Å². The molecular weight excluding hydrogens is 240 g/mol. The number of allylic oxidation sites excluding steroid dienone is 1. The summed E-state index contributed by atoms with van der Waals surface area (Å²) in [5, 5.41) is 0. The first-order valence-corrected chi connectivity index (χ1v) is 6.65. The van der Waals surface area contributed by atoms with Gasteiger partial charge in [0.15, 0.2) is 9.84 Å². The van der Waals surface area contributed by atoms with E-state index >= 15 is 0 Å². The number of hydrogen-bond acceptors (Lipinski definition) is 4. The van der Waals surface area contributed by atoms with Gasteiger partial charge in [-0.1, -0.05) is 12.2 Å². The second-order valence-electron chi connectivity index (χ2n) is 3.55. The summed E-state index contributed by atoms with van der Waals surface area (Å²) >= 11 is 0. The average Bonchev–Trinajstić information content (AvgIpc) is 2.21. The van der Waals surface area contributed by atoms with Crippen LogP contribution in [0.15, 0.2) is 45.5 Å². The van der Waals surface area contributed by atoms with Crippen LogP contribution in [-0.4, -0.2) is 14.2 Å². The third-order valence-corrected chi connectivity index (χ3v) is 3.86. The van der Waals surface area contributed by atoms with Crippen molar-refractivity contribution in [3.63, 3.8) is 0 Å². The van der Waals surface area contributed by atoms with Crippen LogP contribution in [0.1, 0.15) is 11.3 Å². The Labute approximate surface area is 100 Å². The van der Waals surface area contributed by atoms with Gasteiger partial charge in [-0.15, -0.1) is 13.2 Å². The first-order valence-electron chi connectivity index (χ1n) is 5.00. The topological polar surface area (TPSA) is 64.3 Å². The van der Waals surface area contributed by atoms with E-state index in [4.69, 9.17) is 4.42 Å². The standard InChI is InChI=1S/C12H14O4S/c1-4-6-10-11(17(14,15)7-5-2)8-9(3)16-12(10)13/h4-5,8H,1-2,6-7H2,3H3. The van der Waals surface area contributed by atoms with Gasteiger partial charge in [-0.3, -0.25) is 0 Å². The summed E-state index contributed by atoms with van der Waals surface area (Å²) in [5.41, 5.74) is -0.514. The first kappa shape index (κ1) is 13.4. The zero-order chi connectivity index (χ0) is 13.1. The summed E-state index contributed by atoms with van der Waals surface area (Å²) in [6, 6.07) is 1.36. The van der Waals surface area contributed by atoms with Gasteiger partial charge in [0, 0.05) is 0 Å². The summed E-state index contributed by atoms with van der Waals surface area (Å²) in [5.74, 6) is 0.0606. The van der Waals surface area contributed by atoms with E-state index in [0.29, 0.717) is 0 Å². The lowest BCUT2D eigenvalue weighted by Gasteiger charge is -2.07. The van der Waals surface area contributed by atoms with Gasteiger partial charge < -0.3 is 4.42 Å². The molecule has 0 unspecified atom stereocenters. The fourth-order valence-corrected chi connectivity index (χ4v) is 2.84. The van der Waals surface area contributed by atoms with Crippen LogP contribution >= 0.6 is 0 Å². The van der Waals surface area contributed by atoms with E-state index in [0.717, 1.165) is 0 Å². The molecule has 0 radical (unpaired) electrons. The van der Waals surface area contributed by atoms with Crippen molar-refractivity contribution in [3.05, 3.63) is 53.1 Å². The van der Waals surface area contributed by atoms with Crippen LogP contribution in [0.2, 0.25) is 0 Å². The van der Waals surface area contributed by atoms with Crippen LogP contribution in [0.5, 0.6) is 0 Å². The SMILES string of the molecule is C=CCc1c(S(=O)(=O)CC=C)cc(C)oc1=O. The zero-order valence-corrected chi connectivity index (χ0v) is 10.4. The van der Waals surface area contributed by atoms with Gasteiger partial charge >= 0.3 is 5.63 Å². The van der Waals surface area contributed by atoms with Crippen LogP contribution < -0.4 is 5.63 Å². The molecule has 0 aliphatic rings. The molecule has 92 valence electrons. The maximum Gasteiger partial charge on any atom is 0.340 e. The van der Waals surface area contributed by atoms with E-state index in [-0.39, 0.29) is 28.4 Å². The summed E-state index contributed by atoms with van der Waals surface area (Å²) in [6.45, 7) is 8.42. The Morgan fingerprint density at radius 3 is 2.53 bits per heavy atom. The smallest absolute Gasteiger partial charge is 0.340 e. The highest BCUT2D eigenvalue weighted by Crippen LogP contribution is 2.17.